The molecule has 4 aromatic rings. The zero-order valence-corrected chi connectivity index (χ0v) is 18.4. The number of phenolic OH excluding ortho intramolecular Hbond substituents is 1. The lowest BCUT2D eigenvalue weighted by Crippen LogP contribution is -2.22. The molecule has 0 amide bonds. The molecule has 3 heterocycles. The molecule has 1 aliphatic rings. The van der Waals surface area contributed by atoms with E-state index in [0.717, 1.165) is 48.4 Å². The topological polar surface area (TPSA) is 101 Å². The van der Waals surface area contributed by atoms with Gasteiger partial charge in [-0.25, -0.2) is 9.37 Å². The number of aromatic amines is 2. The molecule has 1 aliphatic heterocycles. The minimum atomic E-state index is -0.378. The Bertz CT molecular complexity index is 1340. The van der Waals surface area contributed by atoms with Gasteiger partial charge in [0.1, 0.15) is 17.0 Å². The minimum absolute atomic E-state index is 0.170. The Kier molecular flexibility index (Phi) is 5.70. The number of imidazole rings is 1. The van der Waals surface area contributed by atoms with Gasteiger partial charge < -0.3 is 15.2 Å². The maximum Gasteiger partial charge on any atom is 0.159 e. The number of phenols is 1. The molecule has 0 atom stereocenters. The summed E-state index contributed by atoms with van der Waals surface area (Å²) in [6.45, 7) is 4.64. The van der Waals surface area contributed by atoms with Crippen LogP contribution in [0.25, 0.3) is 39.1 Å². The van der Waals surface area contributed by atoms with Gasteiger partial charge in [-0.15, -0.1) is 0 Å². The van der Waals surface area contributed by atoms with E-state index in [-0.39, 0.29) is 18.2 Å². The molecule has 0 fully saturated rings. The van der Waals surface area contributed by atoms with Crippen molar-refractivity contribution in [2.45, 2.75) is 19.8 Å². The van der Waals surface area contributed by atoms with Crippen LogP contribution in [0.3, 0.4) is 0 Å². The van der Waals surface area contributed by atoms with E-state index in [4.69, 9.17) is 10.1 Å². The Morgan fingerprint density at radius 2 is 2.03 bits per heavy atom. The van der Waals surface area contributed by atoms with Crippen molar-refractivity contribution in [1.82, 2.24) is 25.1 Å². The molecule has 0 saturated carbocycles. The summed E-state index contributed by atoms with van der Waals surface area (Å²) in [5.41, 5.74) is 4.97. The predicted octanol–water partition coefficient (Wildman–Crippen LogP) is 4.11. The second kappa shape index (κ2) is 8.80. The first kappa shape index (κ1) is 21.4. The third-order valence-electron chi connectivity index (χ3n) is 6.19. The summed E-state index contributed by atoms with van der Waals surface area (Å²) in [7, 11) is 0. The van der Waals surface area contributed by atoms with Crippen LogP contribution in [0.15, 0.2) is 42.6 Å². The number of aromatic hydroxyl groups is 1. The van der Waals surface area contributed by atoms with Crippen molar-refractivity contribution in [3.8, 4) is 28.4 Å². The number of nitrogens with zero attached hydrogens (tertiary/aromatic N) is 3. The molecule has 0 bridgehead atoms. The summed E-state index contributed by atoms with van der Waals surface area (Å²) in [5.74, 6) is 0.372. The van der Waals surface area contributed by atoms with Crippen LogP contribution in [-0.4, -0.2) is 61.5 Å². The van der Waals surface area contributed by atoms with Crippen LogP contribution in [0.4, 0.5) is 4.39 Å². The van der Waals surface area contributed by atoms with E-state index in [1.54, 1.807) is 24.3 Å². The smallest absolute Gasteiger partial charge is 0.159 e. The second-order valence-corrected chi connectivity index (χ2v) is 8.29. The van der Waals surface area contributed by atoms with Gasteiger partial charge in [-0.3, -0.25) is 10.00 Å². The van der Waals surface area contributed by atoms with Gasteiger partial charge in [0.25, 0.3) is 0 Å². The number of aryl methyl sites for hydroxylation is 1. The highest BCUT2D eigenvalue weighted by molar-refractivity contribution is 5.95. The van der Waals surface area contributed by atoms with Gasteiger partial charge in [-0.1, -0.05) is 25.1 Å². The van der Waals surface area contributed by atoms with E-state index < -0.39 is 0 Å². The number of hydrogen-bond acceptors (Lipinski definition) is 5. The maximum absolute atomic E-state index is 15.5. The lowest BCUT2D eigenvalue weighted by Gasteiger charge is -2.14. The lowest BCUT2D eigenvalue weighted by molar-refractivity contribution is 0.252. The highest BCUT2D eigenvalue weighted by atomic mass is 19.1. The molecule has 4 N–H and O–H groups in total. The van der Waals surface area contributed by atoms with Crippen molar-refractivity contribution in [3.05, 3.63) is 59.7 Å². The van der Waals surface area contributed by atoms with Crippen LogP contribution < -0.4 is 0 Å². The SMILES string of the molecule is CCc1cc(O)ccc1-c1ccc2c(-c3nc(C4=CCN(CCCO)C4)c[nH]3)n[nH]c2c1F. The molecule has 0 radical (unpaired) electrons. The molecular formula is C25H26FN5O2. The molecule has 2 aromatic carbocycles. The zero-order chi connectivity index (χ0) is 22.9. The van der Waals surface area contributed by atoms with Gasteiger partial charge in [0, 0.05) is 43.4 Å². The molecule has 2 aromatic heterocycles. The van der Waals surface area contributed by atoms with E-state index >= 15 is 4.39 Å². The molecule has 0 spiro atoms. The first-order valence-corrected chi connectivity index (χ1v) is 11.2. The molecule has 170 valence electrons. The summed E-state index contributed by atoms with van der Waals surface area (Å²) < 4.78 is 15.5. The summed E-state index contributed by atoms with van der Waals surface area (Å²) in [4.78, 5) is 10.2. The fourth-order valence-electron chi connectivity index (χ4n) is 4.45. The van der Waals surface area contributed by atoms with E-state index in [1.807, 2.05) is 19.2 Å². The number of fused-ring (bicyclic) bond motifs is 1. The normalized spacial score (nSPS) is 14.3. The molecule has 33 heavy (non-hydrogen) atoms. The number of rotatable bonds is 7. The first-order chi connectivity index (χ1) is 16.1. The minimum Gasteiger partial charge on any atom is -0.508 e. The van der Waals surface area contributed by atoms with Crippen molar-refractivity contribution >= 4 is 16.5 Å². The Morgan fingerprint density at radius 1 is 1.18 bits per heavy atom. The highest BCUT2D eigenvalue weighted by Crippen LogP contribution is 2.35. The predicted molar refractivity (Wildman–Crippen MR) is 126 cm³/mol. The fraction of sp³-hybridized carbons (Fsp3) is 0.280. The number of H-pyrrole nitrogens is 2. The van der Waals surface area contributed by atoms with Crippen LogP contribution in [0, 0.1) is 5.82 Å². The number of nitrogens with one attached hydrogen (secondary N) is 2. The second-order valence-electron chi connectivity index (χ2n) is 8.29. The Labute approximate surface area is 190 Å². The van der Waals surface area contributed by atoms with Gasteiger partial charge in [-0.2, -0.15) is 5.10 Å². The fourth-order valence-corrected chi connectivity index (χ4v) is 4.45. The van der Waals surface area contributed by atoms with Crippen molar-refractivity contribution in [3.63, 3.8) is 0 Å². The molecular weight excluding hydrogens is 421 g/mol. The summed E-state index contributed by atoms with van der Waals surface area (Å²) in [6, 6.07) is 8.60. The van der Waals surface area contributed by atoms with E-state index in [0.29, 0.717) is 34.4 Å². The van der Waals surface area contributed by atoms with Gasteiger partial charge in [0.05, 0.1) is 5.69 Å². The van der Waals surface area contributed by atoms with Gasteiger partial charge in [-0.05, 0) is 47.7 Å². The Hall–Kier alpha value is -3.49. The number of halogens is 1. The van der Waals surface area contributed by atoms with Gasteiger partial charge in [0.2, 0.25) is 0 Å². The number of benzene rings is 2. The number of aliphatic hydroxyl groups excluding tert-OH is 1. The summed E-state index contributed by atoms with van der Waals surface area (Å²) in [5, 5.41) is 26.7. The highest BCUT2D eigenvalue weighted by Gasteiger charge is 2.21. The van der Waals surface area contributed by atoms with Crippen LogP contribution >= 0.6 is 0 Å². The molecule has 0 saturated heterocycles. The molecule has 0 unspecified atom stereocenters. The molecule has 7 nitrogen and oxygen atoms in total. The Balaban J connectivity index is 1.45. The summed E-state index contributed by atoms with van der Waals surface area (Å²) >= 11 is 0. The standard InChI is InChI=1S/C25H26FN5O2/c1-2-15-12-17(33)4-5-18(15)19-6-7-20-23(22(19)26)29-30-24(20)25-27-13-21(28-25)16-8-10-31(14-16)9-3-11-32/h4-8,12-13,32-33H,2-3,9-11,14H2,1H3,(H,27,28)(H,29,30). The number of aromatic nitrogens is 4. The van der Waals surface area contributed by atoms with Gasteiger partial charge >= 0.3 is 0 Å². The third-order valence-corrected chi connectivity index (χ3v) is 6.19. The zero-order valence-electron chi connectivity index (χ0n) is 18.4. The van der Waals surface area contributed by atoms with E-state index in [2.05, 4.69) is 26.2 Å². The average Bonchev–Trinajstić information content (AvgIpc) is 3.57. The van der Waals surface area contributed by atoms with Crippen LogP contribution in [-0.2, 0) is 6.42 Å². The monoisotopic (exact) mass is 447 g/mol. The number of aliphatic hydroxyl groups is 1. The van der Waals surface area contributed by atoms with Crippen molar-refractivity contribution in [2.24, 2.45) is 0 Å². The largest absolute Gasteiger partial charge is 0.508 e. The molecule has 8 heteroatoms. The third kappa shape index (κ3) is 3.92. The quantitative estimate of drug-likeness (QED) is 0.342. The first-order valence-electron chi connectivity index (χ1n) is 11.2. The van der Waals surface area contributed by atoms with Crippen LogP contribution in [0.5, 0.6) is 5.75 Å². The van der Waals surface area contributed by atoms with Crippen LogP contribution in [0.2, 0.25) is 0 Å². The maximum atomic E-state index is 15.5. The van der Waals surface area contributed by atoms with Crippen molar-refractivity contribution in [2.75, 3.05) is 26.2 Å². The van der Waals surface area contributed by atoms with Crippen LogP contribution in [0.1, 0.15) is 24.6 Å². The van der Waals surface area contributed by atoms with Crippen molar-refractivity contribution < 1.29 is 14.6 Å². The van der Waals surface area contributed by atoms with Crippen molar-refractivity contribution in [1.29, 1.82) is 0 Å². The lowest BCUT2D eigenvalue weighted by atomic mass is 9.96. The summed E-state index contributed by atoms with van der Waals surface area (Å²) in [6.07, 6.45) is 5.43. The van der Waals surface area contributed by atoms with E-state index in [1.165, 1.54) is 0 Å². The molecule has 5 rings (SSSR count). The van der Waals surface area contributed by atoms with Gasteiger partial charge in [0.15, 0.2) is 11.6 Å². The van der Waals surface area contributed by atoms with E-state index in [9.17, 15) is 5.11 Å². The number of hydrogen-bond donors (Lipinski definition) is 4. The molecule has 0 aliphatic carbocycles. The average molecular weight is 448 g/mol. The Morgan fingerprint density at radius 3 is 2.85 bits per heavy atom.